The van der Waals surface area contributed by atoms with E-state index in [0.29, 0.717) is 18.9 Å². The van der Waals surface area contributed by atoms with Crippen LogP contribution in [0.25, 0.3) is 11.4 Å². The zero-order valence-corrected chi connectivity index (χ0v) is 17.3. The molecule has 6 heteroatoms. The van der Waals surface area contributed by atoms with Crippen LogP contribution in [0.4, 0.5) is 0 Å². The van der Waals surface area contributed by atoms with Crippen LogP contribution in [0, 0.1) is 12.8 Å². The van der Waals surface area contributed by atoms with Crippen molar-refractivity contribution < 1.29 is 9.53 Å². The highest BCUT2D eigenvalue weighted by molar-refractivity contribution is 5.82. The fourth-order valence-corrected chi connectivity index (χ4v) is 5.25. The van der Waals surface area contributed by atoms with Crippen molar-refractivity contribution in [2.45, 2.75) is 58.0 Å². The van der Waals surface area contributed by atoms with Crippen LogP contribution < -0.4 is 0 Å². The van der Waals surface area contributed by atoms with E-state index in [0.717, 1.165) is 36.5 Å². The predicted molar refractivity (Wildman–Crippen MR) is 110 cm³/mol. The van der Waals surface area contributed by atoms with E-state index in [2.05, 4.69) is 52.7 Å². The molecule has 0 unspecified atom stereocenters. The number of carbonyl (C=O) groups is 1. The lowest BCUT2D eigenvalue weighted by Gasteiger charge is -2.34. The van der Waals surface area contributed by atoms with Crippen molar-refractivity contribution in [2.75, 3.05) is 13.2 Å². The highest BCUT2D eigenvalue weighted by atomic mass is 16.5. The first kappa shape index (κ1) is 18.7. The molecule has 1 aromatic carbocycles. The van der Waals surface area contributed by atoms with E-state index in [1.54, 1.807) is 0 Å². The van der Waals surface area contributed by atoms with Gasteiger partial charge in [0.05, 0.1) is 18.7 Å². The Balaban J connectivity index is 1.33. The summed E-state index contributed by atoms with van der Waals surface area (Å²) in [5.74, 6) is 1.40. The van der Waals surface area contributed by atoms with Crippen molar-refractivity contribution in [3.8, 4) is 11.4 Å². The van der Waals surface area contributed by atoms with Gasteiger partial charge in [-0.25, -0.2) is 9.97 Å². The average molecular weight is 393 g/mol. The number of aromatic nitrogens is 2. The zero-order chi connectivity index (χ0) is 20.2. The van der Waals surface area contributed by atoms with Gasteiger partial charge in [0.1, 0.15) is 0 Å². The molecule has 152 valence electrons. The fraction of sp³-hybridized carbons (Fsp3) is 0.522. The fourth-order valence-electron chi connectivity index (χ4n) is 5.25. The van der Waals surface area contributed by atoms with Crippen molar-refractivity contribution in [3.05, 3.63) is 47.8 Å². The summed E-state index contributed by atoms with van der Waals surface area (Å²) in [4.78, 5) is 26.4. The number of ether oxygens (including phenoxy) is 1. The van der Waals surface area contributed by atoms with Gasteiger partial charge in [0.15, 0.2) is 11.5 Å². The molecule has 0 N–H and O–H groups in total. The molecule has 0 radical (unpaired) electrons. The van der Waals surface area contributed by atoms with Gasteiger partial charge in [-0.2, -0.15) is 0 Å². The summed E-state index contributed by atoms with van der Waals surface area (Å²) in [5.41, 5.74) is 2.88. The van der Waals surface area contributed by atoms with E-state index >= 15 is 0 Å². The van der Waals surface area contributed by atoms with Crippen molar-refractivity contribution in [2.24, 2.45) is 5.92 Å². The second-order valence-electron chi connectivity index (χ2n) is 8.96. The number of carbonyl (C=O) groups excluding carboxylic acids is 1. The molecule has 5 rings (SSSR count). The minimum atomic E-state index is -0.422. The normalized spacial score (nSPS) is 29.0. The third-order valence-electron chi connectivity index (χ3n) is 6.74. The summed E-state index contributed by atoms with van der Waals surface area (Å²) in [6.07, 6.45) is 5.26. The highest BCUT2D eigenvalue weighted by Crippen LogP contribution is 2.49. The van der Waals surface area contributed by atoms with Crippen molar-refractivity contribution in [3.63, 3.8) is 0 Å². The Morgan fingerprint density at radius 1 is 1.28 bits per heavy atom. The molecule has 2 aromatic rings. The lowest BCUT2D eigenvalue weighted by molar-refractivity contribution is -0.139. The molecular weight excluding hydrogens is 364 g/mol. The predicted octanol–water partition coefficient (Wildman–Crippen LogP) is 3.01. The van der Waals surface area contributed by atoms with Gasteiger partial charge >= 0.3 is 0 Å². The van der Waals surface area contributed by atoms with Gasteiger partial charge in [0.2, 0.25) is 5.91 Å². The van der Waals surface area contributed by atoms with Crippen LogP contribution in [0.1, 0.15) is 37.8 Å². The Labute approximate surface area is 171 Å². The molecule has 3 aliphatic rings. The van der Waals surface area contributed by atoms with Crippen LogP contribution in [0.5, 0.6) is 0 Å². The lowest BCUT2D eigenvalue weighted by Crippen LogP contribution is -2.50. The number of benzene rings is 1. The van der Waals surface area contributed by atoms with E-state index < -0.39 is 5.72 Å². The molecule has 1 amide bonds. The van der Waals surface area contributed by atoms with E-state index in [9.17, 15) is 4.79 Å². The maximum atomic E-state index is 12.8. The molecule has 0 bridgehead atoms. The van der Waals surface area contributed by atoms with Crippen LogP contribution in [-0.4, -0.2) is 56.6 Å². The lowest BCUT2D eigenvalue weighted by atomic mass is 10.0. The summed E-state index contributed by atoms with van der Waals surface area (Å²) < 4.78 is 6.32. The first-order chi connectivity index (χ1) is 14.0. The Kier molecular flexibility index (Phi) is 4.44. The standard InChI is InChI=1S/C23H28N4O2/c1-15(2)19-14-29-23-7-8-26(20(23)10-21(28)27(19)23)13-17-11-24-22(25-12-17)18-6-4-5-16(3)9-18/h4-6,9,11-12,15,19-20H,7-8,10,13-14H2,1-3H3/t19-,20+,23-/m0/s1. The number of hydrogen-bond donors (Lipinski definition) is 0. The molecule has 0 aliphatic carbocycles. The van der Waals surface area contributed by atoms with Gasteiger partial charge in [-0.1, -0.05) is 37.6 Å². The average Bonchev–Trinajstić information content (AvgIpc) is 3.32. The van der Waals surface area contributed by atoms with Gasteiger partial charge < -0.3 is 9.64 Å². The Hall–Kier alpha value is -2.31. The number of amides is 1. The summed E-state index contributed by atoms with van der Waals surface area (Å²) in [6, 6.07) is 8.55. The molecule has 3 fully saturated rings. The molecular formula is C23H28N4O2. The number of hydrogen-bond acceptors (Lipinski definition) is 5. The zero-order valence-electron chi connectivity index (χ0n) is 17.3. The molecule has 3 saturated heterocycles. The third-order valence-corrected chi connectivity index (χ3v) is 6.74. The van der Waals surface area contributed by atoms with Crippen molar-refractivity contribution in [1.29, 1.82) is 0 Å². The van der Waals surface area contributed by atoms with Crippen LogP contribution in [-0.2, 0) is 16.1 Å². The molecule has 29 heavy (non-hydrogen) atoms. The number of likely N-dealkylation sites (tertiary alicyclic amines) is 1. The second-order valence-corrected chi connectivity index (χ2v) is 8.96. The maximum absolute atomic E-state index is 12.8. The molecule has 3 atom stereocenters. The first-order valence-electron chi connectivity index (χ1n) is 10.6. The van der Waals surface area contributed by atoms with Crippen LogP contribution in [0.3, 0.4) is 0 Å². The molecule has 1 spiro atoms. The summed E-state index contributed by atoms with van der Waals surface area (Å²) in [7, 11) is 0. The molecule has 4 heterocycles. The van der Waals surface area contributed by atoms with Crippen LogP contribution >= 0.6 is 0 Å². The monoisotopic (exact) mass is 392 g/mol. The molecule has 6 nitrogen and oxygen atoms in total. The van der Waals surface area contributed by atoms with Crippen molar-refractivity contribution in [1.82, 2.24) is 19.8 Å². The Morgan fingerprint density at radius 2 is 2.07 bits per heavy atom. The van der Waals surface area contributed by atoms with Gasteiger partial charge in [-0.3, -0.25) is 9.69 Å². The minimum absolute atomic E-state index is 0.121. The largest absolute Gasteiger partial charge is 0.352 e. The maximum Gasteiger partial charge on any atom is 0.226 e. The van der Waals surface area contributed by atoms with Gasteiger partial charge in [0.25, 0.3) is 0 Å². The topological polar surface area (TPSA) is 58.6 Å². The molecule has 1 aromatic heterocycles. The minimum Gasteiger partial charge on any atom is -0.352 e. The van der Waals surface area contributed by atoms with Gasteiger partial charge in [0, 0.05) is 49.5 Å². The van der Waals surface area contributed by atoms with Gasteiger partial charge in [-0.05, 0) is 18.9 Å². The van der Waals surface area contributed by atoms with Crippen LogP contribution in [0.15, 0.2) is 36.7 Å². The highest BCUT2D eigenvalue weighted by Gasteiger charge is 2.64. The van der Waals surface area contributed by atoms with Gasteiger partial charge in [-0.15, -0.1) is 0 Å². The Morgan fingerprint density at radius 3 is 2.79 bits per heavy atom. The number of aryl methyl sites for hydroxylation is 1. The third kappa shape index (κ3) is 2.97. The number of rotatable bonds is 4. The smallest absolute Gasteiger partial charge is 0.226 e. The quantitative estimate of drug-likeness (QED) is 0.801. The van der Waals surface area contributed by atoms with E-state index in [1.165, 1.54) is 5.56 Å². The number of nitrogens with zero attached hydrogens (tertiary/aromatic N) is 4. The summed E-state index contributed by atoms with van der Waals surface area (Å²) >= 11 is 0. The Bertz CT molecular complexity index is 929. The first-order valence-corrected chi connectivity index (χ1v) is 10.6. The van der Waals surface area contributed by atoms with E-state index in [-0.39, 0.29) is 18.0 Å². The second kappa shape index (κ2) is 6.89. The summed E-state index contributed by atoms with van der Waals surface area (Å²) in [6.45, 7) is 8.75. The van der Waals surface area contributed by atoms with E-state index in [1.807, 2.05) is 24.5 Å². The van der Waals surface area contributed by atoms with Crippen LogP contribution in [0.2, 0.25) is 0 Å². The SMILES string of the molecule is Cc1cccc(-c2ncc(CN3CC[C@@]45OC[C@@H](C(C)C)N4C(=O)C[C@@H]35)cn2)c1. The van der Waals surface area contributed by atoms with E-state index in [4.69, 9.17) is 4.74 Å². The molecule has 3 aliphatic heterocycles. The summed E-state index contributed by atoms with van der Waals surface area (Å²) in [5, 5.41) is 0. The molecule has 0 saturated carbocycles. The van der Waals surface area contributed by atoms with Crippen molar-refractivity contribution >= 4 is 5.91 Å².